The van der Waals surface area contributed by atoms with E-state index in [0.29, 0.717) is 22.2 Å². The molecule has 1 N–H and O–H groups in total. The number of rotatable bonds is 5. The van der Waals surface area contributed by atoms with E-state index in [-0.39, 0.29) is 11.9 Å². The van der Waals surface area contributed by atoms with E-state index in [1.165, 1.54) is 6.07 Å². The van der Waals surface area contributed by atoms with Gasteiger partial charge in [0.1, 0.15) is 0 Å². The van der Waals surface area contributed by atoms with Crippen molar-refractivity contribution in [1.82, 2.24) is 5.32 Å². The zero-order chi connectivity index (χ0) is 12.8. The summed E-state index contributed by atoms with van der Waals surface area (Å²) in [7, 11) is 0. The van der Waals surface area contributed by atoms with Crippen LogP contribution in [0.15, 0.2) is 29.2 Å². The first kappa shape index (κ1) is 14.0. The van der Waals surface area contributed by atoms with Crippen molar-refractivity contribution in [3.05, 3.63) is 29.8 Å². The molecule has 0 saturated heterocycles. The maximum Gasteiger partial charge on any atom is 0.288 e. The predicted molar refractivity (Wildman–Crippen MR) is 65.5 cm³/mol. The molecule has 1 aromatic carbocycles. The van der Waals surface area contributed by atoms with Crippen molar-refractivity contribution in [2.75, 3.05) is 0 Å². The van der Waals surface area contributed by atoms with E-state index < -0.39 is 5.76 Å². The number of thioether (sulfide) groups is 1. The molecule has 1 atom stereocenters. The van der Waals surface area contributed by atoms with E-state index in [0.717, 1.165) is 6.42 Å². The van der Waals surface area contributed by atoms with E-state index in [1.807, 2.05) is 13.8 Å². The first-order valence-electron chi connectivity index (χ1n) is 5.39. The molecule has 0 heterocycles. The van der Waals surface area contributed by atoms with E-state index in [9.17, 15) is 13.6 Å². The molecule has 17 heavy (non-hydrogen) atoms. The molecule has 1 rings (SSSR count). The minimum Gasteiger partial charge on any atom is -0.350 e. The van der Waals surface area contributed by atoms with Gasteiger partial charge in [0, 0.05) is 10.9 Å². The Morgan fingerprint density at radius 1 is 1.41 bits per heavy atom. The largest absolute Gasteiger partial charge is 0.350 e. The molecule has 94 valence electrons. The van der Waals surface area contributed by atoms with E-state index in [2.05, 4.69) is 5.32 Å². The molecule has 1 aromatic rings. The van der Waals surface area contributed by atoms with Crippen LogP contribution in [0.1, 0.15) is 30.6 Å². The SMILES string of the molecule is CCC(C)NC(=O)c1ccccc1SC(F)F. The number of hydrogen-bond acceptors (Lipinski definition) is 2. The molecule has 0 spiro atoms. The van der Waals surface area contributed by atoms with E-state index >= 15 is 0 Å². The second-order valence-corrected chi connectivity index (χ2v) is 4.69. The fourth-order valence-electron chi connectivity index (χ4n) is 1.26. The van der Waals surface area contributed by atoms with Gasteiger partial charge in [-0.2, -0.15) is 8.78 Å². The highest BCUT2D eigenvalue weighted by Crippen LogP contribution is 2.28. The minimum absolute atomic E-state index is 0.0344. The van der Waals surface area contributed by atoms with Crippen molar-refractivity contribution in [2.45, 2.75) is 37.0 Å². The lowest BCUT2D eigenvalue weighted by molar-refractivity contribution is 0.0936. The summed E-state index contributed by atoms with van der Waals surface area (Å²) in [5.74, 6) is -2.82. The zero-order valence-corrected chi connectivity index (χ0v) is 10.6. The molecule has 0 radical (unpaired) electrons. The molecule has 5 heteroatoms. The van der Waals surface area contributed by atoms with Gasteiger partial charge in [-0.1, -0.05) is 30.8 Å². The Bertz CT molecular complexity index is 385. The van der Waals surface area contributed by atoms with Crippen LogP contribution in [0.2, 0.25) is 0 Å². The van der Waals surface area contributed by atoms with Crippen molar-refractivity contribution in [2.24, 2.45) is 0 Å². The summed E-state index contributed by atoms with van der Waals surface area (Å²) < 4.78 is 24.6. The van der Waals surface area contributed by atoms with Crippen molar-refractivity contribution in [3.8, 4) is 0 Å². The van der Waals surface area contributed by atoms with Crippen LogP contribution in [0.25, 0.3) is 0 Å². The zero-order valence-electron chi connectivity index (χ0n) is 9.74. The van der Waals surface area contributed by atoms with Crippen molar-refractivity contribution in [1.29, 1.82) is 0 Å². The molecule has 0 saturated carbocycles. The summed E-state index contributed by atoms with van der Waals surface area (Å²) in [6, 6.07) is 6.43. The van der Waals surface area contributed by atoms with Crippen LogP contribution >= 0.6 is 11.8 Å². The van der Waals surface area contributed by atoms with Gasteiger partial charge in [-0.05, 0) is 25.5 Å². The third-order valence-electron chi connectivity index (χ3n) is 2.34. The fourth-order valence-corrected chi connectivity index (χ4v) is 1.89. The Kier molecular flexibility index (Phi) is 5.41. The number of nitrogens with one attached hydrogen (secondary N) is 1. The van der Waals surface area contributed by atoms with Crippen LogP contribution in [0.5, 0.6) is 0 Å². The number of halogens is 2. The molecular weight excluding hydrogens is 244 g/mol. The molecule has 0 aliphatic heterocycles. The Morgan fingerprint density at radius 2 is 2.06 bits per heavy atom. The van der Waals surface area contributed by atoms with Crippen LogP contribution in [0.3, 0.4) is 0 Å². The molecule has 0 fully saturated rings. The Morgan fingerprint density at radius 3 is 2.65 bits per heavy atom. The third kappa shape index (κ3) is 4.34. The number of amides is 1. The lowest BCUT2D eigenvalue weighted by Crippen LogP contribution is -2.32. The van der Waals surface area contributed by atoms with Crippen molar-refractivity contribution < 1.29 is 13.6 Å². The molecular formula is C12H15F2NOS. The second kappa shape index (κ2) is 6.59. The van der Waals surface area contributed by atoms with E-state index in [4.69, 9.17) is 0 Å². The Labute approximate surface area is 104 Å². The van der Waals surface area contributed by atoms with E-state index in [1.54, 1.807) is 18.2 Å². The standard InChI is InChI=1S/C12H15F2NOS/c1-3-8(2)15-11(16)9-6-4-5-7-10(9)17-12(13)14/h4-8,12H,3H2,1-2H3,(H,15,16). The van der Waals surface area contributed by atoms with Gasteiger partial charge >= 0.3 is 0 Å². The van der Waals surface area contributed by atoms with Crippen LogP contribution in [0.4, 0.5) is 8.78 Å². The summed E-state index contributed by atoms with van der Waals surface area (Å²) in [5, 5.41) is 2.76. The maximum atomic E-state index is 12.3. The lowest BCUT2D eigenvalue weighted by Gasteiger charge is -2.13. The molecule has 1 unspecified atom stereocenters. The first-order chi connectivity index (χ1) is 8.04. The molecule has 0 aromatic heterocycles. The number of benzene rings is 1. The predicted octanol–water partition coefficient (Wildman–Crippen LogP) is 3.53. The van der Waals surface area contributed by atoms with Crippen LogP contribution < -0.4 is 5.32 Å². The highest BCUT2D eigenvalue weighted by molar-refractivity contribution is 7.99. The number of carbonyl (C=O) groups is 1. The quantitative estimate of drug-likeness (QED) is 0.820. The average Bonchev–Trinajstić information content (AvgIpc) is 2.28. The van der Waals surface area contributed by atoms with Gasteiger partial charge in [0.25, 0.3) is 11.7 Å². The van der Waals surface area contributed by atoms with Gasteiger partial charge in [-0.25, -0.2) is 0 Å². The highest BCUT2D eigenvalue weighted by atomic mass is 32.2. The van der Waals surface area contributed by atoms with Gasteiger partial charge < -0.3 is 5.32 Å². The average molecular weight is 259 g/mol. The van der Waals surface area contributed by atoms with Gasteiger partial charge in [0.05, 0.1) is 5.56 Å². The minimum atomic E-state index is -2.52. The number of hydrogen-bond donors (Lipinski definition) is 1. The van der Waals surface area contributed by atoms with Gasteiger partial charge in [0.15, 0.2) is 0 Å². The fraction of sp³-hybridized carbons (Fsp3) is 0.417. The summed E-state index contributed by atoms with van der Waals surface area (Å²) in [5.41, 5.74) is 0.304. The molecule has 0 aliphatic rings. The van der Waals surface area contributed by atoms with Crippen LogP contribution in [0, 0.1) is 0 Å². The van der Waals surface area contributed by atoms with Gasteiger partial charge in [-0.15, -0.1) is 0 Å². The van der Waals surface area contributed by atoms with Crippen LogP contribution in [-0.2, 0) is 0 Å². The normalized spacial score (nSPS) is 12.5. The number of carbonyl (C=O) groups excluding carboxylic acids is 1. The maximum absolute atomic E-state index is 12.3. The Hall–Kier alpha value is -1.10. The summed E-state index contributed by atoms with van der Waals surface area (Å²) in [6.07, 6.45) is 0.801. The molecule has 0 bridgehead atoms. The highest BCUT2D eigenvalue weighted by Gasteiger charge is 2.15. The molecule has 0 aliphatic carbocycles. The smallest absolute Gasteiger partial charge is 0.288 e. The number of alkyl halides is 2. The second-order valence-electron chi connectivity index (χ2n) is 3.66. The van der Waals surface area contributed by atoms with Crippen LogP contribution in [-0.4, -0.2) is 17.7 Å². The monoisotopic (exact) mass is 259 g/mol. The van der Waals surface area contributed by atoms with Gasteiger partial charge in [0.2, 0.25) is 0 Å². The summed E-state index contributed by atoms with van der Waals surface area (Å²) in [4.78, 5) is 12.2. The summed E-state index contributed by atoms with van der Waals surface area (Å²) in [6.45, 7) is 3.82. The lowest BCUT2D eigenvalue weighted by atomic mass is 10.2. The topological polar surface area (TPSA) is 29.1 Å². The molecule has 1 amide bonds. The van der Waals surface area contributed by atoms with Crippen molar-refractivity contribution >= 4 is 17.7 Å². The summed E-state index contributed by atoms with van der Waals surface area (Å²) >= 11 is 0.394. The third-order valence-corrected chi connectivity index (χ3v) is 3.13. The molecule has 2 nitrogen and oxygen atoms in total. The first-order valence-corrected chi connectivity index (χ1v) is 6.27. The Balaban J connectivity index is 2.85. The van der Waals surface area contributed by atoms with Crippen molar-refractivity contribution in [3.63, 3.8) is 0 Å². The van der Waals surface area contributed by atoms with Gasteiger partial charge in [-0.3, -0.25) is 4.79 Å².